The van der Waals surface area contributed by atoms with Crippen LogP contribution in [0.5, 0.6) is 5.75 Å². The van der Waals surface area contributed by atoms with Crippen LogP contribution < -0.4 is 15.0 Å². The highest BCUT2D eigenvalue weighted by molar-refractivity contribution is 6.35. The second-order valence-electron chi connectivity index (χ2n) is 9.73. The molecule has 3 heterocycles. The van der Waals surface area contributed by atoms with Crippen molar-refractivity contribution in [3.63, 3.8) is 0 Å². The molecule has 1 N–H and O–H groups in total. The Hall–Kier alpha value is -2.44. The van der Waals surface area contributed by atoms with E-state index in [2.05, 4.69) is 66.2 Å². The first-order valence-corrected chi connectivity index (χ1v) is 10.9. The lowest BCUT2D eigenvalue weighted by molar-refractivity contribution is 0.160. The minimum Gasteiger partial charge on any atom is -0.496 e. The second kappa shape index (κ2) is 7.92. The van der Waals surface area contributed by atoms with Gasteiger partial charge in [0.1, 0.15) is 5.75 Å². The largest absolute Gasteiger partial charge is 0.496 e. The number of nitrogens with one attached hydrogen (secondary N) is 1. The van der Waals surface area contributed by atoms with E-state index in [1.165, 1.54) is 0 Å². The van der Waals surface area contributed by atoms with E-state index in [1.54, 1.807) is 25.6 Å². The van der Waals surface area contributed by atoms with E-state index in [4.69, 9.17) is 16.3 Å². The number of benzene rings is 1. The molecule has 1 aliphatic heterocycles. The molecule has 1 aromatic carbocycles. The van der Waals surface area contributed by atoms with Gasteiger partial charge >= 0.3 is 0 Å². The van der Waals surface area contributed by atoms with E-state index in [1.807, 2.05) is 12.1 Å². The molecule has 0 saturated carbocycles. The molecule has 0 atom stereocenters. The minimum atomic E-state index is 0.0526. The fourth-order valence-electron chi connectivity index (χ4n) is 4.94. The summed E-state index contributed by atoms with van der Waals surface area (Å²) in [5.74, 6) is 1.57. The Morgan fingerprint density at radius 3 is 2.52 bits per heavy atom. The fraction of sp³-hybridized carbons (Fsp3) is 0.458. The van der Waals surface area contributed by atoms with Crippen LogP contribution in [0.1, 0.15) is 40.5 Å². The Morgan fingerprint density at radius 1 is 1.13 bits per heavy atom. The van der Waals surface area contributed by atoms with Crippen molar-refractivity contribution in [2.24, 2.45) is 0 Å². The Morgan fingerprint density at radius 2 is 1.84 bits per heavy atom. The van der Waals surface area contributed by atoms with Crippen LogP contribution in [0.3, 0.4) is 0 Å². The van der Waals surface area contributed by atoms with Crippen LogP contribution in [-0.4, -0.2) is 46.5 Å². The molecule has 2 aromatic heterocycles. The summed E-state index contributed by atoms with van der Waals surface area (Å²) in [6.07, 6.45) is 5.52. The number of nitrogens with zero attached hydrogens (tertiary/aromatic N) is 4. The molecule has 0 amide bonds. The summed E-state index contributed by atoms with van der Waals surface area (Å²) >= 11 is 6.43. The van der Waals surface area contributed by atoms with E-state index >= 15 is 0 Å². The van der Waals surface area contributed by atoms with E-state index < -0.39 is 0 Å². The summed E-state index contributed by atoms with van der Waals surface area (Å²) in [5.41, 5.74) is 2.75. The minimum absolute atomic E-state index is 0.0526. The zero-order chi connectivity index (χ0) is 22.4. The number of pyridine rings is 1. The van der Waals surface area contributed by atoms with Crippen LogP contribution >= 0.6 is 11.6 Å². The third kappa shape index (κ3) is 4.46. The molecule has 4 rings (SSSR count). The van der Waals surface area contributed by atoms with Gasteiger partial charge in [0.05, 0.1) is 23.8 Å². The van der Waals surface area contributed by atoms with Crippen molar-refractivity contribution < 1.29 is 4.74 Å². The molecule has 1 fully saturated rings. The molecular weight excluding hydrogens is 410 g/mol. The quantitative estimate of drug-likeness (QED) is 0.610. The van der Waals surface area contributed by atoms with Crippen LogP contribution in [0.2, 0.25) is 5.02 Å². The number of piperidine rings is 1. The standard InChI is InChI=1S/C24H30ClN5O/c1-23(2)12-16(13-24(3,4)29-23)30(5)22-9-15(14-27-28-22)17-10-18-19(25)7-8-26-20(18)11-21(17)31-6/h7-11,14,16,29H,12-13H2,1-6H3. The number of rotatable bonds is 4. The van der Waals surface area contributed by atoms with E-state index in [0.29, 0.717) is 11.1 Å². The molecule has 3 aromatic rings. The van der Waals surface area contributed by atoms with E-state index in [9.17, 15) is 0 Å². The molecule has 0 radical (unpaired) electrons. The maximum Gasteiger partial charge on any atom is 0.151 e. The van der Waals surface area contributed by atoms with Gasteiger partial charge in [0.2, 0.25) is 0 Å². The molecule has 0 spiro atoms. The number of ether oxygens (including phenoxy) is 1. The molecule has 1 aliphatic rings. The summed E-state index contributed by atoms with van der Waals surface area (Å²) < 4.78 is 5.67. The fourth-order valence-corrected chi connectivity index (χ4v) is 5.15. The van der Waals surface area contributed by atoms with Gasteiger partial charge in [-0.25, -0.2) is 0 Å². The molecular formula is C24H30ClN5O. The average molecular weight is 440 g/mol. The molecule has 0 aliphatic carbocycles. The lowest BCUT2D eigenvalue weighted by Gasteiger charge is -2.49. The number of hydrogen-bond acceptors (Lipinski definition) is 6. The maximum absolute atomic E-state index is 6.43. The number of aromatic nitrogens is 3. The van der Waals surface area contributed by atoms with Gasteiger partial charge in [0, 0.05) is 52.9 Å². The number of fused-ring (bicyclic) bond motifs is 1. The van der Waals surface area contributed by atoms with Gasteiger partial charge in [-0.15, -0.1) is 5.10 Å². The van der Waals surface area contributed by atoms with Crippen molar-refractivity contribution in [3.8, 4) is 16.9 Å². The molecule has 0 unspecified atom stereocenters. The normalized spacial score (nSPS) is 18.2. The highest BCUT2D eigenvalue weighted by atomic mass is 35.5. The Bertz CT molecular complexity index is 1100. The van der Waals surface area contributed by atoms with Gasteiger partial charge in [-0.3, -0.25) is 4.98 Å². The van der Waals surface area contributed by atoms with E-state index in [-0.39, 0.29) is 11.1 Å². The van der Waals surface area contributed by atoms with Crippen LogP contribution in [-0.2, 0) is 0 Å². The van der Waals surface area contributed by atoms with Crippen molar-refractivity contribution in [2.75, 3.05) is 19.1 Å². The Kier molecular flexibility index (Phi) is 5.56. The Balaban J connectivity index is 1.73. The SMILES string of the molecule is COc1cc2nccc(Cl)c2cc1-c1cnnc(N(C)C2CC(C)(C)NC(C)(C)C2)c1. The number of hydrogen-bond donors (Lipinski definition) is 1. The first-order chi connectivity index (χ1) is 14.6. The summed E-state index contributed by atoms with van der Waals surface area (Å²) in [6.45, 7) is 9.03. The van der Waals surface area contributed by atoms with Crippen molar-refractivity contribution in [1.29, 1.82) is 0 Å². The van der Waals surface area contributed by atoms with Crippen LogP contribution in [0.4, 0.5) is 5.82 Å². The molecule has 1 saturated heterocycles. The summed E-state index contributed by atoms with van der Waals surface area (Å²) in [7, 11) is 3.77. The molecule has 0 bridgehead atoms. The zero-order valence-corrected chi connectivity index (χ0v) is 19.8. The first-order valence-electron chi connectivity index (χ1n) is 10.6. The van der Waals surface area contributed by atoms with Crippen molar-refractivity contribution >= 4 is 28.3 Å². The lowest BCUT2D eigenvalue weighted by Crippen LogP contribution is -2.62. The van der Waals surface area contributed by atoms with Gasteiger partial charge < -0.3 is 15.0 Å². The topological polar surface area (TPSA) is 63.2 Å². The highest BCUT2D eigenvalue weighted by Crippen LogP contribution is 2.37. The van der Waals surface area contributed by atoms with Crippen molar-refractivity contribution in [2.45, 2.75) is 57.7 Å². The second-order valence-corrected chi connectivity index (χ2v) is 10.1. The monoisotopic (exact) mass is 439 g/mol. The van der Waals surface area contributed by atoms with Gasteiger partial charge in [0.25, 0.3) is 0 Å². The molecule has 31 heavy (non-hydrogen) atoms. The third-order valence-corrected chi connectivity index (χ3v) is 6.37. The van der Waals surface area contributed by atoms with Crippen molar-refractivity contribution in [3.05, 3.63) is 41.7 Å². The summed E-state index contributed by atoms with van der Waals surface area (Å²) in [4.78, 5) is 6.67. The van der Waals surface area contributed by atoms with Crippen LogP contribution in [0.15, 0.2) is 36.7 Å². The highest BCUT2D eigenvalue weighted by Gasteiger charge is 2.39. The predicted octanol–water partition coefficient (Wildman–Crippen LogP) is 5.10. The zero-order valence-electron chi connectivity index (χ0n) is 19.0. The Labute approximate surface area is 189 Å². The smallest absolute Gasteiger partial charge is 0.151 e. The number of methoxy groups -OCH3 is 1. The number of anilines is 1. The lowest BCUT2D eigenvalue weighted by atomic mass is 9.79. The number of halogens is 1. The third-order valence-electron chi connectivity index (χ3n) is 6.04. The van der Waals surface area contributed by atoms with Gasteiger partial charge in [0.15, 0.2) is 5.82 Å². The van der Waals surface area contributed by atoms with E-state index in [0.717, 1.165) is 46.4 Å². The molecule has 6 nitrogen and oxygen atoms in total. The molecule has 164 valence electrons. The maximum atomic E-state index is 6.43. The van der Waals surface area contributed by atoms with Gasteiger partial charge in [-0.05, 0) is 58.7 Å². The van der Waals surface area contributed by atoms with Gasteiger partial charge in [-0.2, -0.15) is 5.10 Å². The molecule has 7 heteroatoms. The first kappa shape index (κ1) is 21.8. The summed E-state index contributed by atoms with van der Waals surface area (Å²) in [5, 5.41) is 14.1. The van der Waals surface area contributed by atoms with Gasteiger partial charge in [-0.1, -0.05) is 11.6 Å². The predicted molar refractivity (Wildman–Crippen MR) is 127 cm³/mol. The van der Waals surface area contributed by atoms with Crippen LogP contribution in [0.25, 0.3) is 22.0 Å². The average Bonchev–Trinajstić information content (AvgIpc) is 2.70. The van der Waals surface area contributed by atoms with Crippen molar-refractivity contribution in [1.82, 2.24) is 20.5 Å². The van der Waals surface area contributed by atoms with Crippen LogP contribution in [0, 0.1) is 0 Å². The summed E-state index contributed by atoms with van der Waals surface area (Å²) in [6, 6.07) is 8.15.